The number of carbonyl (C=O) groups is 2. The second-order valence-electron chi connectivity index (χ2n) is 8.62. The van der Waals surface area contributed by atoms with Gasteiger partial charge in [0.2, 0.25) is 0 Å². The van der Waals surface area contributed by atoms with Gasteiger partial charge in [0.05, 0.1) is 5.41 Å². The second kappa shape index (κ2) is 7.75. The molecule has 1 amide bonds. The molecule has 1 heterocycles. The highest BCUT2D eigenvalue weighted by Crippen LogP contribution is 2.42. The summed E-state index contributed by atoms with van der Waals surface area (Å²) in [6.45, 7) is 7.09. The van der Waals surface area contributed by atoms with Gasteiger partial charge in [-0.15, -0.1) is 0 Å². The fourth-order valence-electron chi connectivity index (χ4n) is 4.07. The molecule has 0 bridgehead atoms. The number of amides is 1. The monoisotopic (exact) mass is 339 g/mol. The van der Waals surface area contributed by atoms with Crippen molar-refractivity contribution in [3.63, 3.8) is 0 Å². The highest BCUT2D eigenvalue weighted by Gasteiger charge is 2.40. The summed E-state index contributed by atoms with van der Waals surface area (Å²) in [5, 5.41) is 9.70. The van der Waals surface area contributed by atoms with Crippen LogP contribution < -0.4 is 0 Å². The van der Waals surface area contributed by atoms with E-state index in [9.17, 15) is 14.7 Å². The van der Waals surface area contributed by atoms with Crippen molar-refractivity contribution >= 4 is 12.1 Å². The van der Waals surface area contributed by atoms with E-state index in [1.807, 2.05) is 20.8 Å². The van der Waals surface area contributed by atoms with Crippen molar-refractivity contribution in [3.8, 4) is 0 Å². The molecule has 5 heteroatoms. The Balaban J connectivity index is 1.88. The van der Waals surface area contributed by atoms with Gasteiger partial charge in [0.15, 0.2) is 0 Å². The first-order valence-electron chi connectivity index (χ1n) is 9.43. The zero-order valence-electron chi connectivity index (χ0n) is 15.5. The van der Waals surface area contributed by atoms with Gasteiger partial charge < -0.3 is 14.7 Å². The minimum Gasteiger partial charge on any atom is -0.481 e. The summed E-state index contributed by atoms with van der Waals surface area (Å²) in [6, 6.07) is 0. The van der Waals surface area contributed by atoms with E-state index >= 15 is 0 Å². The van der Waals surface area contributed by atoms with Crippen molar-refractivity contribution < 1.29 is 19.4 Å². The summed E-state index contributed by atoms with van der Waals surface area (Å²) < 4.78 is 5.47. The van der Waals surface area contributed by atoms with E-state index in [2.05, 4.69) is 0 Å². The summed E-state index contributed by atoms with van der Waals surface area (Å²) in [6.07, 6.45) is 8.29. The molecule has 1 atom stereocenters. The Morgan fingerprint density at radius 2 is 1.83 bits per heavy atom. The number of hydrogen-bond donors (Lipinski definition) is 1. The normalized spacial score (nSPS) is 24.5. The van der Waals surface area contributed by atoms with Crippen LogP contribution in [0.25, 0.3) is 0 Å². The first-order valence-corrected chi connectivity index (χ1v) is 9.43. The van der Waals surface area contributed by atoms with Crippen LogP contribution >= 0.6 is 0 Å². The molecule has 24 heavy (non-hydrogen) atoms. The molecule has 2 aliphatic rings. The summed E-state index contributed by atoms with van der Waals surface area (Å²) in [5.74, 6) is -0.230. The van der Waals surface area contributed by atoms with E-state index in [-0.39, 0.29) is 6.09 Å². The maximum Gasteiger partial charge on any atom is 0.410 e. The molecule has 0 aromatic rings. The molecule has 138 valence electrons. The van der Waals surface area contributed by atoms with Gasteiger partial charge >= 0.3 is 12.1 Å². The Morgan fingerprint density at radius 1 is 1.17 bits per heavy atom. The Hall–Kier alpha value is -1.26. The fraction of sp³-hybridized carbons (Fsp3) is 0.895. The topological polar surface area (TPSA) is 66.8 Å². The predicted molar refractivity (Wildman–Crippen MR) is 92.9 cm³/mol. The quantitative estimate of drug-likeness (QED) is 0.822. The molecular weight excluding hydrogens is 306 g/mol. The summed E-state index contributed by atoms with van der Waals surface area (Å²) in [7, 11) is 0. The van der Waals surface area contributed by atoms with Crippen molar-refractivity contribution in [2.24, 2.45) is 11.3 Å². The van der Waals surface area contributed by atoms with Crippen LogP contribution in [0.15, 0.2) is 0 Å². The second-order valence-corrected chi connectivity index (χ2v) is 8.62. The molecule has 1 saturated carbocycles. The number of piperidine rings is 1. The molecule has 0 aromatic heterocycles. The Kier molecular flexibility index (Phi) is 6.16. The van der Waals surface area contributed by atoms with E-state index in [0.717, 1.165) is 64.3 Å². The lowest BCUT2D eigenvalue weighted by Crippen LogP contribution is -2.43. The number of carboxylic acids is 1. The van der Waals surface area contributed by atoms with E-state index in [1.54, 1.807) is 4.90 Å². The minimum absolute atomic E-state index is 0.238. The van der Waals surface area contributed by atoms with Crippen molar-refractivity contribution in [2.45, 2.75) is 84.2 Å². The average molecular weight is 339 g/mol. The summed E-state index contributed by atoms with van der Waals surface area (Å²) in [5.41, 5.74) is -0.994. The highest BCUT2D eigenvalue weighted by atomic mass is 16.6. The van der Waals surface area contributed by atoms with Crippen LogP contribution in [0, 0.1) is 11.3 Å². The van der Waals surface area contributed by atoms with E-state index in [0.29, 0.717) is 12.5 Å². The molecule has 2 fully saturated rings. The number of carbonyl (C=O) groups excluding carboxylic acids is 1. The van der Waals surface area contributed by atoms with Gasteiger partial charge in [0, 0.05) is 13.1 Å². The Labute approximate surface area is 145 Å². The van der Waals surface area contributed by atoms with Crippen LogP contribution in [0.3, 0.4) is 0 Å². The Morgan fingerprint density at radius 3 is 2.42 bits per heavy atom. The molecule has 0 aromatic carbocycles. The van der Waals surface area contributed by atoms with Crippen molar-refractivity contribution in [1.29, 1.82) is 0 Å². The van der Waals surface area contributed by atoms with Gasteiger partial charge in [-0.2, -0.15) is 0 Å². The molecule has 1 saturated heterocycles. The van der Waals surface area contributed by atoms with Crippen molar-refractivity contribution in [3.05, 3.63) is 0 Å². The molecular formula is C19H33NO4. The largest absolute Gasteiger partial charge is 0.481 e. The molecule has 1 aliphatic heterocycles. The minimum atomic E-state index is -0.623. The third-order valence-electron chi connectivity index (χ3n) is 5.47. The standard InChI is InChI=1S/C19H33NO4/c1-18(2,3)24-17(23)20-13-7-8-15(14-20)9-12-19(16(21)22)10-5-4-6-11-19/h15H,4-14H2,1-3H3,(H,21,22). The number of hydrogen-bond acceptors (Lipinski definition) is 3. The SMILES string of the molecule is CC(C)(C)OC(=O)N1CCCC(CCC2(C(=O)O)CCCCC2)C1. The lowest BCUT2D eigenvalue weighted by Gasteiger charge is -2.37. The lowest BCUT2D eigenvalue weighted by molar-refractivity contribution is -0.152. The van der Waals surface area contributed by atoms with Gasteiger partial charge in [-0.1, -0.05) is 19.3 Å². The number of nitrogens with zero attached hydrogens (tertiary/aromatic N) is 1. The van der Waals surface area contributed by atoms with Crippen LogP contribution in [-0.2, 0) is 9.53 Å². The maximum absolute atomic E-state index is 12.2. The predicted octanol–water partition coefficient (Wildman–Crippen LogP) is 4.45. The average Bonchev–Trinajstić information content (AvgIpc) is 2.52. The molecule has 1 unspecified atom stereocenters. The van der Waals surface area contributed by atoms with Crippen LogP contribution in [0.5, 0.6) is 0 Å². The molecule has 5 nitrogen and oxygen atoms in total. The van der Waals surface area contributed by atoms with Crippen LogP contribution in [0.1, 0.15) is 78.6 Å². The zero-order valence-corrected chi connectivity index (χ0v) is 15.5. The highest BCUT2D eigenvalue weighted by molar-refractivity contribution is 5.74. The summed E-state index contributed by atoms with van der Waals surface area (Å²) in [4.78, 5) is 25.8. The smallest absolute Gasteiger partial charge is 0.410 e. The molecule has 2 rings (SSSR count). The van der Waals surface area contributed by atoms with E-state index < -0.39 is 17.0 Å². The maximum atomic E-state index is 12.2. The van der Waals surface area contributed by atoms with Crippen LogP contribution in [0.2, 0.25) is 0 Å². The number of ether oxygens (including phenoxy) is 1. The third kappa shape index (κ3) is 5.12. The van der Waals surface area contributed by atoms with Gasteiger partial charge in [0.1, 0.15) is 5.60 Å². The van der Waals surface area contributed by atoms with Crippen molar-refractivity contribution in [1.82, 2.24) is 4.90 Å². The van der Waals surface area contributed by atoms with Gasteiger partial charge in [-0.25, -0.2) is 4.79 Å². The van der Waals surface area contributed by atoms with E-state index in [1.165, 1.54) is 0 Å². The number of aliphatic carboxylic acids is 1. The van der Waals surface area contributed by atoms with Crippen molar-refractivity contribution in [2.75, 3.05) is 13.1 Å². The number of likely N-dealkylation sites (tertiary alicyclic amines) is 1. The molecule has 0 spiro atoms. The first-order chi connectivity index (χ1) is 11.2. The number of carboxylic acid groups (broad SMARTS) is 1. The van der Waals surface area contributed by atoms with E-state index in [4.69, 9.17) is 4.74 Å². The first kappa shape index (κ1) is 19.1. The van der Waals surface area contributed by atoms with Gasteiger partial charge in [0.25, 0.3) is 0 Å². The Bertz CT molecular complexity index is 449. The third-order valence-corrected chi connectivity index (χ3v) is 5.47. The molecule has 1 N–H and O–H groups in total. The molecule has 1 aliphatic carbocycles. The van der Waals surface area contributed by atoms with Crippen LogP contribution in [-0.4, -0.2) is 40.8 Å². The summed E-state index contributed by atoms with van der Waals surface area (Å²) >= 11 is 0. The fourth-order valence-corrected chi connectivity index (χ4v) is 4.07. The van der Waals surface area contributed by atoms with Gasteiger partial charge in [-0.05, 0) is 65.2 Å². The van der Waals surface area contributed by atoms with Gasteiger partial charge in [-0.3, -0.25) is 4.79 Å². The lowest BCUT2D eigenvalue weighted by atomic mass is 9.70. The number of rotatable bonds is 4. The zero-order chi connectivity index (χ0) is 17.8. The van der Waals surface area contributed by atoms with Crippen LogP contribution in [0.4, 0.5) is 4.79 Å². The molecule has 0 radical (unpaired) electrons.